The maximum atomic E-state index is 11.9. The van der Waals surface area contributed by atoms with Gasteiger partial charge in [-0.25, -0.2) is 0 Å². The van der Waals surface area contributed by atoms with E-state index in [1.165, 1.54) is 77.0 Å². The number of hydrogen-bond donors (Lipinski definition) is 1. The van der Waals surface area contributed by atoms with Crippen LogP contribution in [0.1, 0.15) is 116 Å². The maximum Gasteiger partial charge on any atom is 0.277 e. The quantitative estimate of drug-likeness (QED) is 0.181. The molecular formula is C22H41NO5S. The summed E-state index contributed by atoms with van der Waals surface area (Å²) in [4.78, 5) is 24.7. The number of hydrogen-bond acceptors (Lipinski definition) is 4. The largest absolute Gasteiger partial charge is 0.285 e. The minimum Gasteiger partial charge on any atom is -0.285 e. The van der Waals surface area contributed by atoms with Crippen LogP contribution in [0.5, 0.6) is 0 Å². The Kier molecular flexibility index (Phi) is 13.4. The molecule has 0 aromatic heterocycles. The van der Waals surface area contributed by atoms with Gasteiger partial charge in [-0.1, -0.05) is 103 Å². The van der Waals surface area contributed by atoms with Crippen molar-refractivity contribution in [2.24, 2.45) is 0 Å². The Bertz CT molecular complexity index is 576. The number of likely N-dealkylation sites (tertiary alicyclic amines) is 1. The first-order valence-corrected chi connectivity index (χ1v) is 13.2. The Labute approximate surface area is 177 Å². The van der Waals surface area contributed by atoms with E-state index in [1.54, 1.807) is 0 Å². The Balaban J connectivity index is 1.91. The molecule has 0 aromatic carbocycles. The Hall–Kier alpha value is -0.950. The third-order valence-electron chi connectivity index (χ3n) is 5.80. The van der Waals surface area contributed by atoms with E-state index in [0.29, 0.717) is 6.42 Å². The molecule has 1 unspecified atom stereocenters. The molecule has 29 heavy (non-hydrogen) atoms. The molecule has 1 atom stereocenters. The molecule has 0 aromatic rings. The van der Waals surface area contributed by atoms with Gasteiger partial charge in [0.2, 0.25) is 5.91 Å². The number of imide groups is 1. The Morgan fingerprint density at radius 2 is 1.14 bits per heavy atom. The minimum atomic E-state index is -4.49. The molecule has 1 N–H and O–H groups in total. The van der Waals surface area contributed by atoms with Crippen molar-refractivity contribution < 1.29 is 22.6 Å². The van der Waals surface area contributed by atoms with Crippen LogP contribution in [-0.2, 0) is 19.7 Å². The molecule has 1 rings (SSSR count). The van der Waals surface area contributed by atoms with E-state index in [4.69, 9.17) is 4.55 Å². The monoisotopic (exact) mass is 431 g/mol. The lowest BCUT2D eigenvalue weighted by molar-refractivity contribution is -0.138. The fraction of sp³-hybridized carbons (Fsp3) is 0.909. The van der Waals surface area contributed by atoms with E-state index in [1.807, 2.05) is 0 Å². The van der Waals surface area contributed by atoms with Crippen molar-refractivity contribution >= 4 is 21.9 Å². The second-order valence-electron chi connectivity index (χ2n) is 8.39. The first kappa shape index (κ1) is 26.1. The van der Waals surface area contributed by atoms with Gasteiger partial charge in [0.1, 0.15) is 0 Å². The predicted octanol–water partition coefficient (Wildman–Crippen LogP) is 5.26. The first-order chi connectivity index (χ1) is 13.9. The highest BCUT2D eigenvalue weighted by molar-refractivity contribution is 7.87. The molecule has 1 fully saturated rings. The van der Waals surface area contributed by atoms with Gasteiger partial charge in [-0.2, -0.15) is 8.42 Å². The zero-order chi connectivity index (χ0) is 21.5. The normalized spacial score (nSPS) is 17.4. The van der Waals surface area contributed by atoms with Crippen molar-refractivity contribution in [2.75, 3.05) is 6.54 Å². The maximum absolute atomic E-state index is 11.9. The number of nitrogens with zero attached hydrogens (tertiary/aromatic N) is 1. The molecule has 0 aliphatic carbocycles. The van der Waals surface area contributed by atoms with Crippen molar-refractivity contribution in [1.82, 2.24) is 4.90 Å². The lowest BCUT2D eigenvalue weighted by atomic mass is 10.0. The van der Waals surface area contributed by atoms with Gasteiger partial charge in [0.05, 0.1) is 6.42 Å². The van der Waals surface area contributed by atoms with E-state index in [2.05, 4.69) is 6.92 Å². The van der Waals surface area contributed by atoms with Crippen molar-refractivity contribution in [3.05, 3.63) is 0 Å². The topological polar surface area (TPSA) is 91.8 Å². The van der Waals surface area contributed by atoms with Crippen LogP contribution in [0.2, 0.25) is 0 Å². The summed E-state index contributed by atoms with van der Waals surface area (Å²) in [5.74, 6) is -1.28. The third kappa shape index (κ3) is 11.1. The molecule has 1 aliphatic rings. The van der Waals surface area contributed by atoms with Gasteiger partial charge in [-0.15, -0.1) is 0 Å². The summed E-state index contributed by atoms with van der Waals surface area (Å²) < 4.78 is 31.2. The summed E-state index contributed by atoms with van der Waals surface area (Å²) in [5, 5.41) is -1.60. The lowest BCUT2D eigenvalue weighted by Crippen LogP contribution is -2.35. The van der Waals surface area contributed by atoms with Crippen molar-refractivity contribution in [2.45, 2.75) is 121 Å². The average molecular weight is 432 g/mol. The van der Waals surface area contributed by atoms with Crippen LogP contribution in [0.15, 0.2) is 0 Å². The van der Waals surface area contributed by atoms with Crippen LogP contribution >= 0.6 is 0 Å². The molecule has 1 saturated heterocycles. The van der Waals surface area contributed by atoms with Gasteiger partial charge in [0, 0.05) is 6.54 Å². The van der Waals surface area contributed by atoms with E-state index < -0.39 is 33.6 Å². The number of rotatable bonds is 18. The molecular weight excluding hydrogens is 390 g/mol. The summed E-state index contributed by atoms with van der Waals surface area (Å²) in [6.45, 7) is 2.50. The number of unbranched alkanes of at least 4 members (excludes halogenated alkanes) is 15. The van der Waals surface area contributed by atoms with Crippen LogP contribution in [0, 0.1) is 0 Å². The molecule has 170 valence electrons. The summed E-state index contributed by atoms with van der Waals surface area (Å²) in [5.41, 5.74) is 0. The van der Waals surface area contributed by atoms with Crippen molar-refractivity contribution in [1.29, 1.82) is 0 Å². The number of carbonyl (C=O) groups is 2. The summed E-state index contributed by atoms with van der Waals surface area (Å²) in [7, 11) is -4.49. The second kappa shape index (κ2) is 14.9. The van der Waals surface area contributed by atoms with Gasteiger partial charge >= 0.3 is 0 Å². The SMILES string of the molecule is CCCCCCCCCCCCCCCCCCN1C(=O)CC(S(=O)(=O)O)C1=O. The van der Waals surface area contributed by atoms with Crippen molar-refractivity contribution in [3.63, 3.8) is 0 Å². The van der Waals surface area contributed by atoms with E-state index in [-0.39, 0.29) is 6.54 Å². The molecule has 0 saturated carbocycles. The minimum absolute atomic E-state index is 0.252. The predicted molar refractivity (Wildman–Crippen MR) is 116 cm³/mol. The van der Waals surface area contributed by atoms with E-state index in [9.17, 15) is 18.0 Å². The zero-order valence-electron chi connectivity index (χ0n) is 18.2. The fourth-order valence-corrected chi connectivity index (χ4v) is 4.67. The van der Waals surface area contributed by atoms with E-state index in [0.717, 1.165) is 24.2 Å². The Morgan fingerprint density at radius 1 is 0.759 bits per heavy atom. The van der Waals surface area contributed by atoms with Gasteiger partial charge in [-0.3, -0.25) is 19.0 Å². The molecule has 1 aliphatic heterocycles. The van der Waals surface area contributed by atoms with Crippen molar-refractivity contribution in [3.8, 4) is 0 Å². The molecule has 0 spiro atoms. The molecule has 0 bridgehead atoms. The van der Waals surface area contributed by atoms with Crippen LogP contribution in [0.4, 0.5) is 0 Å². The zero-order valence-corrected chi connectivity index (χ0v) is 19.1. The number of amides is 2. The second-order valence-corrected chi connectivity index (χ2v) is 9.99. The highest BCUT2D eigenvalue weighted by Crippen LogP contribution is 2.20. The van der Waals surface area contributed by atoms with Crippen LogP contribution in [0.3, 0.4) is 0 Å². The molecule has 6 nitrogen and oxygen atoms in total. The van der Waals surface area contributed by atoms with Gasteiger partial charge in [0.15, 0.2) is 5.25 Å². The Morgan fingerprint density at radius 3 is 1.48 bits per heavy atom. The van der Waals surface area contributed by atoms with Gasteiger partial charge in [0.25, 0.3) is 16.0 Å². The highest BCUT2D eigenvalue weighted by atomic mass is 32.2. The standard InChI is InChI=1S/C22H41NO5S/c1-2-3-4-5-6-7-8-9-10-11-12-13-14-15-16-17-18-23-21(24)19-20(22(23)25)29(26,27)28/h20H,2-19H2,1H3,(H,26,27,28). The third-order valence-corrected chi connectivity index (χ3v) is 6.88. The fourth-order valence-electron chi connectivity index (χ4n) is 3.94. The number of carbonyl (C=O) groups excluding carboxylic acids is 2. The van der Waals surface area contributed by atoms with Gasteiger partial charge in [-0.05, 0) is 6.42 Å². The molecule has 0 radical (unpaired) electrons. The molecule has 1 heterocycles. The van der Waals surface area contributed by atoms with Gasteiger partial charge < -0.3 is 0 Å². The lowest BCUT2D eigenvalue weighted by Gasteiger charge is -2.14. The van der Waals surface area contributed by atoms with Crippen LogP contribution < -0.4 is 0 Å². The first-order valence-electron chi connectivity index (χ1n) is 11.7. The smallest absolute Gasteiger partial charge is 0.277 e. The highest BCUT2D eigenvalue weighted by Gasteiger charge is 2.45. The average Bonchev–Trinajstić information content (AvgIpc) is 2.96. The molecule has 7 heteroatoms. The summed E-state index contributed by atoms with van der Waals surface area (Å²) in [6, 6.07) is 0. The summed E-state index contributed by atoms with van der Waals surface area (Å²) >= 11 is 0. The summed E-state index contributed by atoms with van der Waals surface area (Å²) in [6.07, 6.45) is 19.5. The van der Waals surface area contributed by atoms with Crippen LogP contribution in [0.25, 0.3) is 0 Å². The van der Waals surface area contributed by atoms with Crippen LogP contribution in [-0.4, -0.2) is 41.5 Å². The van der Waals surface area contributed by atoms with E-state index >= 15 is 0 Å². The molecule has 2 amide bonds.